The Kier molecular flexibility index (Phi) is 27.0. The van der Waals surface area contributed by atoms with Crippen molar-refractivity contribution in [1.82, 2.24) is 0 Å². The van der Waals surface area contributed by atoms with Crippen LogP contribution in [0.25, 0.3) is 82.9 Å². The first-order valence-electron chi connectivity index (χ1n) is 44.1. The molecule has 0 saturated carbocycles. The van der Waals surface area contributed by atoms with E-state index in [4.69, 9.17) is 4.74 Å². The van der Waals surface area contributed by atoms with Crippen LogP contribution in [0.4, 0.5) is 17.1 Å². The fraction of sp³-hybridized carbons (Fsp3) is 0.393. The van der Waals surface area contributed by atoms with Gasteiger partial charge in [-0.25, -0.2) is 0 Å². The summed E-state index contributed by atoms with van der Waals surface area (Å²) in [6.45, 7) is 18.2. The van der Waals surface area contributed by atoms with Gasteiger partial charge < -0.3 is 9.64 Å². The summed E-state index contributed by atoms with van der Waals surface area (Å²) in [5.41, 5.74) is 26.7. The van der Waals surface area contributed by atoms with Crippen LogP contribution in [0.15, 0.2) is 210 Å². The number of fused-ring (bicyclic) bond motifs is 12. The van der Waals surface area contributed by atoms with Gasteiger partial charge in [-0.05, 0) is 244 Å². The maximum Gasteiger partial charge on any atom is 0.172 e. The van der Waals surface area contributed by atoms with Crippen LogP contribution in [0.5, 0.6) is 0 Å². The Morgan fingerprint density at radius 3 is 1.11 bits per heavy atom. The van der Waals surface area contributed by atoms with Crippen molar-refractivity contribution >= 4 is 69.3 Å². The maximum absolute atomic E-state index is 10.6. The van der Waals surface area contributed by atoms with Gasteiger partial charge in [0.2, 0.25) is 0 Å². The van der Waals surface area contributed by atoms with E-state index in [1.807, 2.05) is 54.7 Å². The van der Waals surface area contributed by atoms with Crippen LogP contribution in [0.1, 0.15) is 297 Å². The molecule has 14 rings (SSSR count). The smallest absolute Gasteiger partial charge is 0.172 e. The van der Waals surface area contributed by atoms with Gasteiger partial charge in [0.05, 0.1) is 0 Å². The van der Waals surface area contributed by atoms with E-state index in [-0.39, 0.29) is 33.2 Å². The number of rotatable bonds is 40. The van der Waals surface area contributed by atoms with E-state index in [9.17, 15) is 15.8 Å². The Hall–Kier alpha value is -9.33. The predicted molar refractivity (Wildman–Crippen MR) is 493 cm³/mol. The Bertz CT molecular complexity index is 5190. The van der Waals surface area contributed by atoms with Gasteiger partial charge >= 0.3 is 0 Å². The van der Waals surface area contributed by atoms with Crippen molar-refractivity contribution in [3.05, 3.63) is 259 Å². The number of ether oxygens (including phenoxy) is 1. The molecule has 0 N–H and O–H groups in total. The van der Waals surface area contributed by atoms with Crippen molar-refractivity contribution in [1.29, 1.82) is 15.8 Å². The van der Waals surface area contributed by atoms with E-state index in [1.54, 1.807) is 61.4 Å². The Morgan fingerprint density at radius 1 is 0.383 bits per heavy atom. The van der Waals surface area contributed by atoms with Crippen LogP contribution >= 0.6 is 34.0 Å². The molecule has 4 heterocycles. The SMILES string of the molecule is CCCCCCC1(CCCCCC)c2cc(-c3cccs3)ccc2-c2c1c1c(c3c2C(CCCCCC)(CCCCCC)c2cc(-c4ccc(/C=C/c5ccc(N(c6ccccc6)c6ccccc6)cc5)s4)ccc2-3)C(CCCCCC)(CCCCCC)c2cc(-c3ccc(/C=C/C4=C(C#N)C(=C(C#N)C#N)OC4(C)C)s3)ccc2-1. The van der Waals surface area contributed by atoms with Crippen molar-refractivity contribution in [2.24, 2.45) is 0 Å². The third-order valence-corrected chi connectivity index (χ3v) is 28.9. The highest BCUT2D eigenvalue weighted by Crippen LogP contribution is 2.72. The minimum Gasteiger partial charge on any atom is -0.480 e. The average Bonchev–Trinajstić information content (AvgIpc) is 1.48. The summed E-state index contributed by atoms with van der Waals surface area (Å²) in [6.07, 6.45) is 44.6. The van der Waals surface area contributed by atoms with Gasteiger partial charge in [0.15, 0.2) is 11.3 Å². The highest BCUT2D eigenvalue weighted by atomic mass is 32.1. The van der Waals surface area contributed by atoms with Gasteiger partial charge in [-0.3, -0.25) is 0 Å². The summed E-state index contributed by atoms with van der Waals surface area (Å²) in [4.78, 5) is 8.55. The normalized spacial score (nSPS) is 14.8. The molecule has 0 spiro atoms. The standard InChI is InChI=1S/C107H118N4OS3/c1-9-15-21-33-63-105(64-34-22-16-10-2)91-70-77(94-44-39-69-113-94)48-57-86(91)97-100(105)98-87-59-50-79(96-62-56-85(115-96)54-60-90-89(75-110)103(80(73-108)74-109)112-104(90,7)8)72-93(87)107(67-37-25-19-13-5,68-38-26-20-14-6)102(98)99-88-58-49-78(71-92(88)106(101(97)99,65-35-23-17-11-3)66-36-24-18-12-4)95-61-55-84(114-95)53-47-76-45-51-83(52-46-76)111(81-40-29-27-30-41-81)82-42-31-28-32-43-82/h27-32,39-62,69-72H,9-26,33-38,63-68H2,1-8H3/b53-47+,60-54+. The summed E-state index contributed by atoms with van der Waals surface area (Å²) in [5.74, 6) is 0.0636. The van der Waals surface area contributed by atoms with Crippen LogP contribution < -0.4 is 4.90 Å². The summed E-state index contributed by atoms with van der Waals surface area (Å²) in [7, 11) is 0. The lowest BCUT2D eigenvalue weighted by Crippen LogP contribution is -2.31. The molecule has 0 fully saturated rings. The van der Waals surface area contributed by atoms with Crippen molar-refractivity contribution in [3.63, 3.8) is 0 Å². The molecule has 0 radical (unpaired) electrons. The van der Waals surface area contributed by atoms with Crippen LogP contribution in [0.3, 0.4) is 0 Å². The number of para-hydroxylation sites is 2. The maximum atomic E-state index is 10.6. The summed E-state index contributed by atoms with van der Waals surface area (Å²) >= 11 is 5.62. The molecular formula is C107H118N4OS3. The van der Waals surface area contributed by atoms with Crippen LogP contribution in [-0.2, 0) is 21.0 Å². The molecule has 4 aliphatic rings. The largest absolute Gasteiger partial charge is 0.480 e. The Morgan fingerprint density at radius 2 is 0.757 bits per heavy atom. The van der Waals surface area contributed by atoms with Crippen molar-refractivity contribution in [3.8, 4) is 82.9 Å². The topological polar surface area (TPSA) is 83.8 Å². The van der Waals surface area contributed by atoms with Gasteiger partial charge in [0, 0.05) is 63.3 Å². The number of anilines is 3. The predicted octanol–water partition coefficient (Wildman–Crippen LogP) is 33.1. The highest BCUT2D eigenvalue weighted by molar-refractivity contribution is 7.16. The van der Waals surface area contributed by atoms with Crippen LogP contribution in [0.2, 0.25) is 0 Å². The minimum atomic E-state index is -0.912. The van der Waals surface area contributed by atoms with E-state index in [1.165, 1.54) is 213 Å². The molecule has 0 atom stereocenters. The molecule has 5 nitrogen and oxygen atoms in total. The zero-order valence-electron chi connectivity index (χ0n) is 69.8. The molecule has 8 heteroatoms. The zero-order valence-corrected chi connectivity index (χ0v) is 72.2. The van der Waals surface area contributed by atoms with Gasteiger partial charge in [-0.2, -0.15) is 15.8 Å². The molecule has 0 saturated heterocycles. The average molecular weight is 1570 g/mol. The summed E-state index contributed by atoms with van der Waals surface area (Å²) < 4.78 is 6.25. The number of nitriles is 3. The number of thiophene rings is 3. The molecule has 590 valence electrons. The minimum absolute atomic E-state index is 0.0636. The summed E-state index contributed by atoms with van der Waals surface area (Å²) in [5, 5.41) is 32.7. The van der Waals surface area contributed by atoms with Crippen LogP contribution in [-0.4, -0.2) is 5.60 Å². The lowest BCUT2D eigenvalue weighted by atomic mass is 9.63. The van der Waals surface area contributed by atoms with E-state index in [0.717, 1.165) is 60.5 Å². The van der Waals surface area contributed by atoms with Crippen LogP contribution in [0, 0.1) is 34.0 Å². The number of hydrogen-bond donors (Lipinski definition) is 0. The van der Waals surface area contributed by atoms with E-state index >= 15 is 0 Å². The molecule has 1 aliphatic heterocycles. The first kappa shape index (κ1) is 82.2. The molecule has 0 amide bonds. The van der Waals surface area contributed by atoms with Crippen molar-refractivity contribution in [2.45, 2.75) is 270 Å². The van der Waals surface area contributed by atoms with Gasteiger partial charge in [0.25, 0.3) is 0 Å². The van der Waals surface area contributed by atoms with E-state index < -0.39 is 5.60 Å². The lowest BCUT2D eigenvalue weighted by molar-refractivity contribution is 0.0954. The molecule has 3 aromatic heterocycles. The quantitative estimate of drug-likeness (QED) is 0.0282. The molecule has 10 aromatic rings. The number of allylic oxidation sites excluding steroid dienone is 2. The van der Waals surface area contributed by atoms with Crippen molar-refractivity contribution < 1.29 is 4.74 Å². The second-order valence-electron chi connectivity index (χ2n) is 33.7. The van der Waals surface area contributed by atoms with E-state index in [2.05, 4.69) is 252 Å². The van der Waals surface area contributed by atoms with Gasteiger partial charge in [-0.1, -0.05) is 299 Å². The molecule has 0 unspecified atom stereocenters. The Balaban J connectivity index is 1.01. The zero-order chi connectivity index (χ0) is 79.9. The lowest BCUT2D eigenvalue weighted by Gasteiger charge is -2.40. The summed E-state index contributed by atoms with van der Waals surface area (Å²) in [6, 6.07) is 74.5. The molecule has 7 aromatic carbocycles. The number of hydrogen-bond acceptors (Lipinski definition) is 8. The number of unbranched alkanes of at least 4 members (excludes halogenated alkanes) is 18. The molecular weight excluding hydrogens is 1450 g/mol. The molecule has 115 heavy (non-hydrogen) atoms. The highest BCUT2D eigenvalue weighted by Gasteiger charge is 2.58. The molecule has 3 aliphatic carbocycles. The number of nitrogens with zero attached hydrogens (tertiary/aromatic N) is 4. The second kappa shape index (κ2) is 37.7. The fourth-order valence-electron chi connectivity index (χ4n) is 20.2. The first-order valence-corrected chi connectivity index (χ1v) is 46.6. The van der Waals surface area contributed by atoms with Crippen molar-refractivity contribution in [2.75, 3.05) is 4.90 Å². The number of benzene rings is 7. The van der Waals surface area contributed by atoms with Gasteiger partial charge in [0.1, 0.15) is 29.4 Å². The fourth-order valence-corrected chi connectivity index (χ4v) is 22.7. The molecule has 0 bridgehead atoms. The second-order valence-corrected chi connectivity index (χ2v) is 36.9. The third kappa shape index (κ3) is 16.6. The monoisotopic (exact) mass is 1570 g/mol. The van der Waals surface area contributed by atoms with E-state index in [0.29, 0.717) is 5.57 Å². The third-order valence-electron chi connectivity index (χ3n) is 25.8. The first-order chi connectivity index (χ1) is 56.4. The Labute approximate surface area is 700 Å². The van der Waals surface area contributed by atoms with Gasteiger partial charge in [-0.15, -0.1) is 34.0 Å².